The molecule has 3 aromatic rings. The zero-order chi connectivity index (χ0) is 17.2. The molecule has 1 aromatic carbocycles. The number of benzene rings is 1. The van der Waals surface area contributed by atoms with E-state index >= 15 is 0 Å². The predicted octanol–water partition coefficient (Wildman–Crippen LogP) is 3.93. The molecule has 0 aliphatic carbocycles. The lowest BCUT2D eigenvalue weighted by molar-refractivity contribution is 0.170. The molecule has 0 spiro atoms. The molecule has 3 heterocycles. The van der Waals surface area contributed by atoms with E-state index in [1.54, 1.807) is 0 Å². The van der Waals surface area contributed by atoms with Crippen LogP contribution in [0.2, 0.25) is 5.28 Å². The smallest absolute Gasteiger partial charge is 0.226 e. The van der Waals surface area contributed by atoms with Gasteiger partial charge in [0.1, 0.15) is 11.5 Å². The first-order valence-electron chi connectivity index (χ1n) is 8.72. The minimum Gasteiger partial charge on any atom is -0.365 e. The van der Waals surface area contributed by atoms with Crippen LogP contribution in [-0.2, 0) is 6.54 Å². The van der Waals surface area contributed by atoms with Gasteiger partial charge in [0.15, 0.2) is 0 Å². The number of halogens is 1. The fourth-order valence-corrected chi connectivity index (χ4v) is 3.68. The van der Waals surface area contributed by atoms with Crippen molar-refractivity contribution < 1.29 is 0 Å². The second kappa shape index (κ2) is 7.02. The van der Waals surface area contributed by atoms with Gasteiger partial charge in [-0.3, -0.25) is 4.90 Å². The SMILES string of the molecule is C[C@@H]1CCN(Cc2ccccc2)C[C@@H]1Nc1nc(Cl)nc2[nH]ccc12. The first-order chi connectivity index (χ1) is 12.2. The molecule has 0 saturated carbocycles. The largest absolute Gasteiger partial charge is 0.365 e. The molecule has 0 radical (unpaired) electrons. The average Bonchev–Trinajstić information content (AvgIpc) is 3.07. The summed E-state index contributed by atoms with van der Waals surface area (Å²) in [4.78, 5) is 14.3. The van der Waals surface area contributed by atoms with Crippen LogP contribution in [0.15, 0.2) is 42.6 Å². The number of nitrogens with one attached hydrogen (secondary N) is 2. The molecule has 1 saturated heterocycles. The molecule has 5 nitrogen and oxygen atoms in total. The van der Waals surface area contributed by atoms with Crippen molar-refractivity contribution in [3.8, 4) is 0 Å². The number of anilines is 1. The predicted molar refractivity (Wildman–Crippen MR) is 102 cm³/mol. The van der Waals surface area contributed by atoms with Crippen LogP contribution in [0.1, 0.15) is 18.9 Å². The van der Waals surface area contributed by atoms with Gasteiger partial charge in [-0.2, -0.15) is 4.98 Å². The van der Waals surface area contributed by atoms with Gasteiger partial charge < -0.3 is 10.3 Å². The third-order valence-electron chi connectivity index (χ3n) is 5.00. The van der Waals surface area contributed by atoms with Gasteiger partial charge in [0.25, 0.3) is 0 Å². The molecule has 0 amide bonds. The van der Waals surface area contributed by atoms with E-state index in [9.17, 15) is 0 Å². The first kappa shape index (κ1) is 16.4. The van der Waals surface area contributed by atoms with Crippen LogP contribution in [-0.4, -0.2) is 39.0 Å². The maximum atomic E-state index is 6.08. The standard InChI is InChI=1S/C19H22ClN5/c1-13-8-10-25(11-14-5-3-2-4-6-14)12-16(13)22-18-15-7-9-21-17(15)23-19(20)24-18/h2-7,9,13,16H,8,10-12H2,1H3,(H2,21,22,23,24)/t13-,16+/m1/s1. The molecular formula is C19H22ClN5. The summed E-state index contributed by atoms with van der Waals surface area (Å²) < 4.78 is 0. The Morgan fingerprint density at radius 2 is 2.08 bits per heavy atom. The molecule has 2 atom stereocenters. The molecule has 2 N–H and O–H groups in total. The number of aromatic nitrogens is 3. The maximum absolute atomic E-state index is 6.08. The first-order valence-corrected chi connectivity index (χ1v) is 9.10. The molecule has 0 bridgehead atoms. The molecule has 1 aliphatic rings. The molecular weight excluding hydrogens is 334 g/mol. The Bertz CT molecular complexity index is 847. The summed E-state index contributed by atoms with van der Waals surface area (Å²) >= 11 is 6.08. The van der Waals surface area contributed by atoms with Crippen LogP contribution >= 0.6 is 11.6 Å². The highest BCUT2D eigenvalue weighted by Crippen LogP contribution is 2.26. The van der Waals surface area contributed by atoms with Crippen molar-refractivity contribution in [1.29, 1.82) is 0 Å². The second-order valence-corrected chi connectivity index (χ2v) is 7.16. The van der Waals surface area contributed by atoms with E-state index in [2.05, 4.69) is 62.4 Å². The summed E-state index contributed by atoms with van der Waals surface area (Å²) in [5.41, 5.74) is 2.13. The number of hydrogen-bond donors (Lipinski definition) is 2. The highest BCUT2D eigenvalue weighted by atomic mass is 35.5. The van der Waals surface area contributed by atoms with Crippen molar-refractivity contribution in [2.75, 3.05) is 18.4 Å². The van der Waals surface area contributed by atoms with Crippen LogP contribution in [0.4, 0.5) is 5.82 Å². The van der Waals surface area contributed by atoms with Crippen LogP contribution < -0.4 is 5.32 Å². The molecule has 130 valence electrons. The molecule has 4 rings (SSSR count). The topological polar surface area (TPSA) is 56.8 Å². The van der Waals surface area contributed by atoms with Crippen molar-refractivity contribution in [2.45, 2.75) is 25.9 Å². The normalized spacial score (nSPS) is 21.5. The number of piperidine rings is 1. The van der Waals surface area contributed by atoms with Crippen molar-refractivity contribution in [2.24, 2.45) is 5.92 Å². The fraction of sp³-hybridized carbons (Fsp3) is 0.368. The van der Waals surface area contributed by atoms with E-state index < -0.39 is 0 Å². The van der Waals surface area contributed by atoms with Crippen LogP contribution in [0.5, 0.6) is 0 Å². The van der Waals surface area contributed by atoms with Gasteiger partial charge in [0.05, 0.1) is 5.39 Å². The van der Waals surface area contributed by atoms with E-state index in [4.69, 9.17) is 11.6 Å². The molecule has 1 fully saturated rings. The number of nitrogens with zero attached hydrogens (tertiary/aromatic N) is 3. The average molecular weight is 356 g/mol. The van der Waals surface area contributed by atoms with Gasteiger partial charge in [0, 0.05) is 25.3 Å². The lowest BCUT2D eigenvalue weighted by Crippen LogP contribution is -2.46. The van der Waals surface area contributed by atoms with Crippen LogP contribution in [0, 0.1) is 5.92 Å². The Labute approximate surface area is 152 Å². The van der Waals surface area contributed by atoms with Crippen molar-refractivity contribution in [1.82, 2.24) is 19.9 Å². The fourth-order valence-electron chi connectivity index (χ4n) is 3.51. The molecule has 25 heavy (non-hydrogen) atoms. The third-order valence-corrected chi connectivity index (χ3v) is 5.17. The Morgan fingerprint density at radius 3 is 2.92 bits per heavy atom. The lowest BCUT2D eigenvalue weighted by Gasteiger charge is -2.37. The molecule has 6 heteroatoms. The van der Waals surface area contributed by atoms with Gasteiger partial charge in [-0.05, 0) is 42.1 Å². The minimum atomic E-state index is 0.266. The van der Waals surface area contributed by atoms with Gasteiger partial charge in [-0.1, -0.05) is 37.3 Å². The Morgan fingerprint density at radius 1 is 1.24 bits per heavy atom. The van der Waals surface area contributed by atoms with Gasteiger partial charge >= 0.3 is 0 Å². The van der Waals surface area contributed by atoms with E-state index in [-0.39, 0.29) is 5.28 Å². The summed E-state index contributed by atoms with van der Waals surface area (Å²) in [7, 11) is 0. The zero-order valence-electron chi connectivity index (χ0n) is 14.2. The van der Waals surface area contributed by atoms with Crippen LogP contribution in [0.3, 0.4) is 0 Å². The van der Waals surface area contributed by atoms with Gasteiger partial charge in [-0.15, -0.1) is 0 Å². The van der Waals surface area contributed by atoms with E-state index in [0.29, 0.717) is 12.0 Å². The monoisotopic (exact) mass is 355 g/mol. The van der Waals surface area contributed by atoms with Gasteiger partial charge in [-0.25, -0.2) is 4.98 Å². The number of hydrogen-bond acceptors (Lipinski definition) is 4. The Hall–Kier alpha value is -2.11. The van der Waals surface area contributed by atoms with Crippen molar-refractivity contribution >= 4 is 28.5 Å². The minimum absolute atomic E-state index is 0.266. The van der Waals surface area contributed by atoms with Crippen molar-refractivity contribution in [3.05, 3.63) is 53.4 Å². The number of likely N-dealkylation sites (tertiary alicyclic amines) is 1. The summed E-state index contributed by atoms with van der Waals surface area (Å²) in [6, 6.07) is 13.0. The third kappa shape index (κ3) is 3.62. The molecule has 2 aromatic heterocycles. The van der Waals surface area contributed by atoms with Crippen molar-refractivity contribution in [3.63, 3.8) is 0 Å². The van der Waals surface area contributed by atoms with E-state index in [0.717, 1.165) is 36.5 Å². The number of H-pyrrole nitrogens is 1. The summed E-state index contributed by atoms with van der Waals surface area (Å²) in [5.74, 6) is 1.39. The summed E-state index contributed by atoms with van der Waals surface area (Å²) in [6.45, 7) is 5.40. The highest BCUT2D eigenvalue weighted by molar-refractivity contribution is 6.28. The zero-order valence-corrected chi connectivity index (χ0v) is 15.0. The van der Waals surface area contributed by atoms with Crippen LogP contribution in [0.25, 0.3) is 11.0 Å². The summed E-state index contributed by atoms with van der Waals surface area (Å²) in [6.07, 6.45) is 3.03. The number of fused-ring (bicyclic) bond motifs is 1. The second-order valence-electron chi connectivity index (χ2n) is 6.82. The number of rotatable bonds is 4. The van der Waals surface area contributed by atoms with E-state index in [1.165, 1.54) is 12.0 Å². The highest BCUT2D eigenvalue weighted by Gasteiger charge is 2.27. The maximum Gasteiger partial charge on any atom is 0.226 e. The Kier molecular flexibility index (Phi) is 4.59. The van der Waals surface area contributed by atoms with E-state index in [1.807, 2.05) is 12.3 Å². The number of aromatic amines is 1. The quantitative estimate of drug-likeness (QED) is 0.696. The molecule has 0 unspecified atom stereocenters. The van der Waals surface area contributed by atoms with Gasteiger partial charge in [0.2, 0.25) is 5.28 Å². The molecule has 1 aliphatic heterocycles. The Balaban J connectivity index is 1.51. The summed E-state index contributed by atoms with van der Waals surface area (Å²) in [5, 5.41) is 4.87. The lowest BCUT2D eigenvalue weighted by atomic mass is 9.93.